The number of rotatable bonds is 3. The lowest BCUT2D eigenvalue weighted by Gasteiger charge is -2.27. The molecule has 94 valence electrons. The predicted octanol–water partition coefficient (Wildman–Crippen LogP) is 1.50. The first kappa shape index (κ1) is 12.4. The number of hydrogen-bond donors (Lipinski definition) is 2. The van der Waals surface area contributed by atoms with Crippen LogP contribution in [0.5, 0.6) is 0 Å². The van der Waals surface area contributed by atoms with Crippen molar-refractivity contribution in [2.75, 3.05) is 6.54 Å². The molecule has 0 saturated heterocycles. The van der Waals surface area contributed by atoms with E-state index in [1.165, 1.54) is 0 Å². The summed E-state index contributed by atoms with van der Waals surface area (Å²) >= 11 is 5.79. The summed E-state index contributed by atoms with van der Waals surface area (Å²) in [5, 5.41) is 10.4. The Kier molecular flexibility index (Phi) is 3.53. The van der Waals surface area contributed by atoms with Crippen molar-refractivity contribution in [3.63, 3.8) is 0 Å². The van der Waals surface area contributed by atoms with Crippen LogP contribution in [0.25, 0.3) is 5.70 Å². The first-order chi connectivity index (χ1) is 8.56. The molecule has 1 aliphatic heterocycles. The highest BCUT2D eigenvalue weighted by atomic mass is 35.5. The minimum Gasteiger partial charge on any atom is -0.480 e. The molecule has 1 heterocycles. The highest BCUT2D eigenvalue weighted by Crippen LogP contribution is 2.19. The van der Waals surface area contributed by atoms with Crippen molar-refractivity contribution in [1.82, 2.24) is 10.4 Å². The number of carbonyl (C=O) groups is 2. The van der Waals surface area contributed by atoms with E-state index in [9.17, 15) is 9.59 Å². The summed E-state index contributed by atoms with van der Waals surface area (Å²) in [6.07, 6.45) is 1.90. The molecule has 0 spiro atoms. The Morgan fingerprint density at radius 1 is 1.39 bits per heavy atom. The number of halogens is 1. The maximum atomic E-state index is 11.5. The maximum absolute atomic E-state index is 11.5. The number of nitrogens with zero attached hydrogens (tertiary/aromatic N) is 1. The van der Waals surface area contributed by atoms with Gasteiger partial charge in [0.1, 0.15) is 6.54 Å². The molecule has 1 amide bonds. The zero-order chi connectivity index (χ0) is 13.1. The van der Waals surface area contributed by atoms with E-state index in [0.29, 0.717) is 10.7 Å². The quantitative estimate of drug-likeness (QED) is 0.870. The van der Waals surface area contributed by atoms with Gasteiger partial charge in [-0.3, -0.25) is 15.0 Å². The minimum atomic E-state index is -1.06. The second kappa shape index (κ2) is 5.10. The fraction of sp³-hybridized carbons (Fsp3) is 0.167. The standard InChI is InChI=1S/C12H11ClN2O3/c13-9-3-1-8(2-4-9)10-5-6-11(16)15(14-10)7-12(17)18/h1-5,14H,6-7H2,(H,17,18). The van der Waals surface area contributed by atoms with E-state index in [1.54, 1.807) is 30.3 Å². The Morgan fingerprint density at radius 2 is 2.06 bits per heavy atom. The average Bonchev–Trinajstić information content (AvgIpc) is 2.32. The third-order valence-electron chi connectivity index (χ3n) is 2.49. The summed E-state index contributed by atoms with van der Waals surface area (Å²) in [7, 11) is 0. The first-order valence-corrected chi connectivity index (χ1v) is 5.69. The van der Waals surface area contributed by atoms with Gasteiger partial charge in [0.05, 0.1) is 5.70 Å². The molecule has 2 N–H and O–H groups in total. The van der Waals surface area contributed by atoms with Crippen LogP contribution in [-0.2, 0) is 9.59 Å². The fourth-order valence-corrected chi connectivity index (χ4v) is 1.75. The van der Waals surface area contributed by atoms with Crippen molar-refractivity contribution < 1.29 is 14.7 Å². The Morgan fingerprint density at radius 3 is 2.67 bits per heavy atom. The van der Waals surface area contributed by atoms with Crippen molar-refractivity contribution in [3.05, 3.63) is 40.9 Å². The molecule has 0 atom stereocenters. The molecular formula is C12H11ClN2O3. The molecule has 0 unspecified atom stereocenters. The van der Waals surface area contributed by atoms with Crippen molar-refractivity contribution in [2.45, 2.75) is 6.42 Å². The summed E-state index contributed by atoms with van der Waals surface area (Å²) in [5.74, 6) is -1.33. The number of hydrogen-bond acceptors (Lipinski definition) is 3. The molecule has 1 aromatic rings. The van der Waals surface area contributed by atoms with Gasteiger partial charge in [-0.25, -0.2) is 5.01 Å². The lowest BCUT2D eigenvalue weighted by Crippen LogP contribution is -2.46. The minimum absolute atomic E-state index is 0.179. The normalized spacial score (nSPS) is 15.1. The lowest BCUT2D eigenvalue weighted by atomic mass is 10.1. The van der Waals surface area contributed by atoms with Crippen LogP contribution in [0.1, 0.15) is 12.0 Å². The number of benzene rings is 1. The monoisotopic (exact) mass is 266 g/mol. The molecule has 2 rings (SSSR count). The Labute approximate surface area is 109 Å². The van der Waals surface area contributed by atoms with E-state index in [-0.39, 0.29) is 18.9 Å². The number of carbonyl (C=O) groups excluding carboxylic acids is 1. The van der Waals surface area contributed by atoms with Crippen LogP contribution in [0.15, 0.2) is 30.3 Å². The van der Waals surface area contributed by atoms with E-state index in [4.69, 9.17) is 16.7 Å². The average molecular weight is 267 g/mol. The molecule has 0 bridgehead atoms. The van der Waals surface area contributed by atoms with Gasteiger partial charge in [0.15, 0.2) is 0 Å². The summed E-state index contributed by atoms with van der Waals surface area (Å²) in [4.78, 5) is 22.1. The summed E-state index contributed by atoms with van der Waals surface area (Å²) in [6.45, 7) is -0.371. The molecule has 1 aliphatic rings. The van der Waals surface area contributed by atoms with Gasteiger partial charge >= 0.3 is 5.97 Å². The van der Waals surface area contributed by atoms with Crippen LogP contribution >= 0.6 is 11.6 Å². The Balaban J connectivity index is 2.17. The molecule has 0 radical (unpaired) electrons. The maximum Gasteiger partial charge on any atom is 0.325 e. The van der Waals surface area contributed by atoms with E-state index in [0.717, 1.165) is 10.6 Å². The molecule has 6 heteroatoms. The molecule has 18 heavy (non-hydrogen) atoms. The van der Waals surface area contributed by atoms with Gasteiger partial charge in [0, 0.05) is 11.4 Å². The third kappa shape index (κ3) is 2.81. The van der Waals surface area contributed by atoms with Gasteiger partial charge in [-0.15, -0.1) is 0 Å². The Bertz CT molecular complexity index is 511. The van der Waals surface area contributed by atoms with Crippen molar-refractivity contribution in [2.24, 2.45) is 0 Å². The van der Waals surface area contributed by atoms with Crippen LogP contribution in [0.4, 0.5) is 0 Å². The van der Waals surface area contributed by atoms with Crippen molar-refractivity contribution in [1.29, 1.82) is 0 Å². The highest BCUT2D eigenvalue weighted by Gasteiger charge is 2.21. The number of nitrogens with one attached hydrogen (secondary N) is 1. The van der Waals surface area contributed by atoms with Crippen LogP contribution in [-0.4, -0.2) is 28.5 Å². The zero-order valence-corrected chi connectivity index (χ0v) is 10.1. The largest absolute Gasteiger partial charge is 0.480 e. The fourth-order valence-electron chi connectivity index (χ4n) is 1.63. The predicted molar refractivity (Wildman–Crippen MR) is 66.5 cm³/mol. The molecule has 1 aromatic carbocycles. The smallest absolute Gasteiger partial charge is 0.325 e. The molecule has 5 nitrogen and oxygen atoms in total. The summed E-state index contributed by atoms with van der Waals surface area (Å²) < 4.78 is 0. The molecular weight excluding hydrogens is 256 g/mol. The van der Waals surface area contributed by atoms with Gasteiger partial charge in [0.2, 0.25) is 5.91 Å². The lowest BCUT2D eigenvalue weighted by molar-refractivity contribution is -0.145. The van der Waals surface area contributed by atoms with E-state index < -0.39 is 5.97 Å². The van der Waals surface area contributed by atoms with Crippen LogP contribution in [0, 0.1) is 0 Å². The van der Waals surface area contributed by atoms with Crippen LogP contribution < -0.4 is 5.43 Å². The number of hydrazine groups is 1. The molecule has 0 saturated carbocycles. The topological polar surface area (TPSA) is 69.6 Å². The van der Waals surface area contributed by atoms with E-state index in [2.05, 4.69) is 5.43 Å². The number of carboxylic acids is 1. The molecule has 0 aromatic heterocycles. The zero-order valence-electron chi connectivity index (χ0n) is 9.39. The number of aliphatic carboxylic acids is 1. The Hall–Kier alpha value is -2.01. The van der Waals surface area contributed by atoms with Crippen molar-refractivity contribution >= 4 is 29.2 Å². The molecule has 0 fully saturated rings. The van der Waals surface area contributed by atoms with E-state index >= 15 is 0 Å². The SMILES string of the molecule is O=C(O)CN1NC(c2ccc(Cl)cc2)=CCC1=O. The van der Waals surface area contributed by atoms with Gasteiger partial charge in [0.25, 0.3) is 0 Å². The molecule has 0 aliphatic carbocycles. The number of amides is 1. The van der Waals surface area contributed by atoms with Gasteiger partial charge < -0.3 is 5.11 Å². The summed E-state index contributed by atoms with van der Waals surface area (Å²) in [5.41, 5.74) is 4.34. The highest BCUT2D eigenvalue weighted by molar-refractivity contribution is 6.30. The number of carboxylic acid groups (broad SMARTS) is 1. The van der Waals surface area contributed by atoms with Gasteiger partial charge in [-0.1, -0.05) is 23.7 Å². The second-order valence-electron chi connectivity index (χ2n) is 3.81. The van der Waals surface area contributed by atoms with Crippen LogP contribution in [0.2, 0.25) is 5.02 Å². The second-order valence-corrected chi connectivity index (χ2v) is 4.25. The van der Waals surface area contributed by atoms with E-state index in [1.807, 2.05) is 0 Å². The van der Waals surface area contributed by atoms with Gasteiger partial charge in [-0.2, -0.15) is 0 Å². The van der Waals surface area contributed by atoms with Crippen molar-refractivity contribution in [3.8, 4) is 0 Å². The van der Waals surface area contributed by atoms with Gasteiger partial charge in [-0.05, 0) is 23.8 Å². The first-order valence-electron chi connectivity index (χ1n) is 5.31. The third-order valence-corrected chi connectivity index (χ3v) is 2.74. The summed E-state index contributed by atoms with van der Waals surface area (Å²) in [6, 6.07) is 7.07. The van der Waals surface area contributed by atoms with Crippen LogP contribution in [0.3, 0.4) is 0 Å².